The van der Waals surface area contributed by atoms with Crippen molar-refractivity contribution >= 4 is 21.2 Å². The van der Waals surface area contributed by atoms with Crippen molar-refractivity contribution in [3.05, 3.63) is 48.5 Å². The molecule has 0 spiro atoms. The number of nitrogens with one attached hydrogen (secondary N) is 2. The Morgan fingerprint density at radius 3 is 1.88 bits per heavy atom. The lowest BCUT2D eigenvalue weighted by Crippen LogP contribution is -2.26. The molecule has 2 rings (SSSR count). The molecule has 0 aliphatic heterocycles. The van der Waals surface area contributed by atoms with Gasteiger partial charge < -0.3 is 10.6 Å². The predicted octanol–water partition coefficient (Wildman–Crippen LogP) is 4.55. The zero-order valence-corrected chi connectivity index (χ0v) is 15.7. The molecule has 0 aliphatic carbocycles. The molecular weight excluding hydrogens is 320 g/mol. The average Bonchev–Trinajstić information content (AvgIpc) is 2.45. The first-order valence-electron chi connectivity index (χ1n) is 8.08. The summed E-state index contributed by atoms with van der Waals surface area (Å²) in [6, 6.07) is 14.1. The topological polar surface area (TPSA) is 58.2 Å². The van der Waals surface area contributed by atoms with Gasteiger partial charge in [0, 0.05) is 23.0 Å². The molecule has 0 saturated heterocycles. The molecule has 0 saturated carbocycles. The highest BCUT2D eigenvalue weighted by Gasteiger charge is 2.19. The third-order valence-corrected chi connectivity index (χ3v) is 5.01. The van der Waals surface area contributed by atoms with E-state index in [4.69, 9.17) is 0 Å². The molecule has 2 aromatic rings. The average molecular weight is 346 g/mol. The second-order valence-corrected chi connectivity index (χ2v) is 9.18. The van der Waals surface area contributed by atoms with Crippen LogP contribution in [0.3, 0.4) is 0 Å². The summed E-state index contributed by atoms with van der Waals surface area (Å²) in [7, 11) is -3.56. The van der Waals surface area contributed by atoms with Crippen LogP contribution < -0.4 is 10.6 Å². The minimum atomic E-state index is -3.56. The quantitative estimate of drug-likeness (QED) is 0.834. The Balaban J connectivity index is 2.39. The molecule has 0 heterocycles. The lowest BCUT2D eigenvalue weighted by Gasteiger charge is -2.22. The molecule has 5 heteroatoms. The first-order valence-corrected chi connectivity index (χ1v) is 9.56. The summed E-state index contributed by atoms with van der Waals surface area (Å²) < 4.78 is 25.9. The van der Waals surface area contributed by atoms with Crippen molar-refractivity contribution in [2.24, 2.45) is 0 Å². The molecule has 0 amide bonds. The Labute approximate surface area is 145 Å². The molecule has 130 valence electrons. The maximum atomic E-state index is 12.9. The van der Waals surface area contributed by atoms with Crippen LogP contribution in [0.2, 0.25) is 0 Å². The number of hydrogen-bond acceptors (Lipinski definition) is 4. The highest BCUT2D eigenvalue weighted by Crippen LogP contribution is 2.26. The second-order valence-electron chi connectivity index (χ2n) is 7.23. The zero-order chi connectivity index (χ0) is 18.0. The molecule has 2 aromatic carbocycles. The summed E-state index contributed by atoms with van der Waals surface area (Å²) in [5.74, 6) is 0. The molecule has 0 bridgehead atoms. The monoisotopic (exact) mass is 346 g/mol. The molecule has 0 fully saturated rings. The van der Waals surface area contributed by atoms with Crippen molar-refractivity contribution in [1.29, 1.82) is 0 Å². The van der Waals surface area contributed by atoms with Gasteiger partial charge >= 0.3 is 0 Å². The summed E-state index contributed by atoms with van der Waals surface area (Å²) in [6.07, 6.45) is 0. The van der Waals surface area contributed by atoms with Crippen molar-refractivity contribution in [2.75, 3.05) is 10.6 Å². The highest BCUT2D eigenvalue weighted by molar-refractivity contribution is 7.91. The van der Waals surface area contributed by atoms with Gasteiger partial charge in [-0.15, -0.1) is 0 Å². The first-order chi connectivity index (χ1) is 11.1. The van der Waals surface area contributed by atoms with E-state index in [-0.39, 0.29) is 11.6 Å². The number of sulfone groups is 1. The van der Waals surface area contributed by atoms with E-state index in [1.165, 1.54) is 0 Å². The minimum absolute atomic E-state index is 0.135. The van der Waals surface area contributed by atoms with E-state index in [1.54, 1.807) is 36.4 Å². The van der Waals surface area contributed by atoms with Crippen LogP contribution in [0.15, 0.2) is 58.3 Å². The van der Waals surface area contributed by atoms with Gasteiger partial charge in [-0.05, 0) is 71.0 Å². The predicted molar refractivity (Wildman–Crippen MR) is 100 cm³/mol. The fourth-order valence-corrected chi connectivity index (χ4v) is 3.75. The smallest absolute Gasteiger partial charge is 0.206 e. The Bertz CT molecular complexity index is 806. The second kappa shape index (κ2) is 6.85. The van der Waals surface area contributed by atoms with Crippen LogP contribution in [0, 0.1) is 0 Å². The van der Waals surface area contributed by atoms with Crippen LogP contribution in [0.25, 0.3) is 0 Å². The molecule has 0 aromatic heterocycles. The van der Waals surface area contributed by atoms with E-state index in [1.807, 2.05) is 46.8 Å². The maximum absolute atomic E-state index is 12.9. The van der Waals surface area contributed by atoms with Gasteiger partial charge in [0.25, 0.3) is 0 Å². The molecular formula is C19H26N2O2S. The van der Waals surface area contributed by atoms with Gasteiger partial charge in [-0.1, -0.05) is 12.1 Å². The molecule has 24 heavy (non-hydrogen) atoms. The summed E-state index contributed by atoms with van der Waals surface area (Å²) in [5, 5.41) is 6.54. The molecule has 0 atom stereocenters. The van der Waals surface area contributed by atoms with E-state index >= 15 is 0 Å². The van der Waals surface area contributed by atoms with Gasteiger partial charge in [-0.2, -0.15) is 0 Å². The van der Waals surface area contributed by atoms with Gasteiger partial charge in [0.05, 0.1) is 9.79 Å². The molecule has 0 unspecified atom stereocenters. The molecule has 2 N–H and O–H groups in total. The lowest BCUT2D eigenvalue weighted by atomic mass is 10.1. The number of benzene rings is 2. The summed E-state index contributed by atoms with van der Waals surface area (Å²) in [6.45, 7) is 10.1. The van der Waals surface area contributed by atoms with E-state index < -0.39 is 9.84 Å². The Kier molecular flexibility index (Phi) is 5.23. The third-order valence-electron chi connectivity index (χ3n) is 3.26. The van der Waals surface area contributed by atoms with Gasteiger partial charge in [0.2, 0.25) is 9.84 Å². The largest absolute Gasteiger partial charge is 0.383 e. The number of hydrogen-bond donors (Lipinski definition) is 2. The molecule has 4 nitrogen and oxygen atoms in total. The van der Waals surface area contributed by atoms with Gasteiger partial charge in [-0.3, -0.25) is 0 Å². The maximum Gasteiger partial charge on any atom is 0.206 e. The van der Waals surface area contributed by atoms with Gasteiger partial charge in [0.15, 0.2) is 0 Å². The van der Waals surface area contributed by atoms with Crippen molar-refractivity contribution in [3.63, 3.8) is 0 Å². The number of anilines is 2. The van der Waals surface area contributed by atoms with Crippen LogP contribution >= 0.6 is 0 Å². The summed E-state index contributed by atoms with van der Waals surface area (Å²) in [5.41, 5.74) is 1.46. The van der Waals surface area contributed by atoms with Gasteiger partial charge in [0.1, 0.15) is 0 Å². The van der Waals surface area contributed by atoms with Crippen LogP contribution in [0.5, 0.6) is 0 Å². The Morgan fingerprint density at radius 2 is 1.38 bits per heavy atom. The SMILES string of the molecule is CC(C)Nc1cccc(S(=O)(=O)c2cccc(NC(C)(C)C)c2)c1. The van der Waals surface area contributed by atoms with E-state index in [9.17, 15) is 8.42 Å². The van der Waals surface area contributed by atoms with Crippen molar-refractivity contribution in [2.45, 2.75) is 56.0 Å². The fourth-order valence-electron chi connectivity index (χ4n) is 2.40. The highest BCUT2D eigenvalue weighted by atomic mass is 32.2. The van der Waals surface area contributed by atoms with Gasteiger partial charge in [-0.25, -0.2) is 8.42 Å². The first kappa shape index (κ1) is 18.3. The van der Waals surface area contributed by atoms with Crippen LogP contribution in [0.1, 0.15) is 34.6 Å². The normalized spacial score (nSPS) is 12.2. The minimum Gasteiger partial charge on any atom is -0.383 e. The zero-order valence-electron chi connectivity index (χ0n) is 14.9. The van der Waals surface area contributed by atoms with Crippen molar-refractivity contribution in [1.82, 2.24) is 0 Å². The van der Waals surface area contributed by atoms with Crippen LogP contribution in [-0.4, -0.2) is 20.0 Å². The Morgan fingerprint density at radius 1 is 0.875 bits per heavy atom. The van der Waals surface area contributed by atoms with E-state index in [0.717, 1.165) is 11.4 Å². The number of rotatable bonds is 5. The van der Waals surface area contributed by atoms with E-state index in [0.29, 0.717) is 9.79 Å². The Hall–Kier alpha value is -2.01. The van der Waals surface area contributed by atoms with Crippen molar-refractivity contribution in [3.8, 4) is 0 Å². The van der Waals surface area contributed by atoms with Crippen LogP contribution in [-0.2, 0) is 9.84 Å². The summed E-state index contributed by atoms with van der Waals surface area (Å²) in [4.78, 5) is 0.583. The van der Waals surface area contributed by atoms with Crippen molar-refractivity contribution < 1.29 is 8.42 Å². The fraction of sp³-hybridized carbons (Fsp3) is 0.368. The third kappa shape index (κ3) is 4.74. The molecule has 0 radical (unpaired) electrons. The van der Waals surface area contributed by atoms with E-state index in [2.05, 4.69) is 10.6 Å². The molecule has 0 aliphatic rings. The standard InChI is InChI=1S/C19H26N2O2S/c1-14(2)20-15-8-6-10-17(12-15)24(22,23)18-11-7-9-16(13-18)21-19(3,4)5/h6-14,20-21H,1-5H3. The van der Waals surface area contributed by atoms with Crippen LogP contribution in [0.4, 0.5) is 11.4 Å². The lowest BCUT2D eigenvalue weighted by molar-refractivity contribution is 0.595. The summed E-state index contributed by atoms with van der Waals surface area (Å²) >= 11 is 0.